The summed E-state index contributed by atoms with van der Waals surface area (Å²) in [4.78, 5) is 32.5. The van der Waals surface area contributed by atoms with E-state index in [2.05, 4.69) is 9.97 Å². The minimum absolute atomic E-state index is 0.278. The Bertz CT molecular complexity index is 1040. The number of benzene rings is 1. The Kier molecular flexibility index (Phi) is 5.01. The van der Waals surface area contributed by atoms with E-state index in [-0.39, 0.29) is 12.2 Å². The van der Waals surface area contributed by atoms with Gasteiger partial charge in [0.1, 0.15) is 15.5 Å². The van der Waals surface area contributed by atoms with E-state index in [9.17, 15) is 9.59 Å². The van der Waals surface area contributed by atoms with Crippen molar-refractivity contribution in [3.8, 4) is 0 Å². The second kappa shape index (κ2) is 7.21. The average molecular weight is 375 g/mol. The van der Waals surface area contributed by atoms with Crippen molar-refractivity contribution >= 4 is 51.3 Å². The molecule has 0 unspecified atom stereocenters. The number of nitrogens with zero attached hydrogens (tertiary/aromatic N) is 1. The van der Waals surface area contributed by atoms with Crippen LogP contribution in [0.2, 0.25) is 5.02 Å². The first kappa shape index (κ1) is 17.4. The van der Waals surface area contributed by atoms with Crippen LogP contribution in [0.5, 0.6) is 0 Å². The van der Waals surface area contributed by atoms with Gasteiger partial charge in [-0.05, 0) is 43.2 Å². The van der Waals surface area contributed by atoms with Gasteiger partial charge < -0.3 is 9.72 Å². The average Bonchev–Trinajstić information content (AvgIpc) is 2.91. The van der Waals surface area contributed by atoms with Gasteiger partial charge >= 0.3 is 5.97 Å². The number of aromatic nitrogens is 2. The highest BCUT2D eigenvalue weighted by atomic mass is 35.5. The van der Waals surface area contributed by atoms with Crippen molar-refractivity contribution in [3.05, 3.63) is 61.5 Å². The number of carbonyl (C=O) groups is 1. The Balaban J connectivity index is 2.01. The van der Waals surface area contributed by atoms with Gasteiger partial charge in [-0.2, -0.15) is 0 Å². The molecule has 128 valence electrons. The van der Waals surface area contributed by atoms with Gasteiger partial charge in [0.25, 0.3) is 5.56 Å². The normalized spacial score (nSPS) is 11.3. The number of hydrogen-bond donors (Lipinski definition) is 1. The Labute approximate surface area is 152 Å². The number of fused-ring (bicyclic) bond motifs is 1. The number of nitrogens with one attached hydrogen (secondary N) is 1. The molecule has 0 saturated heterocycles. The lowest BCUT2D eigenvalue weighted by molar-refractivity contribution is 0.0531. The van der Waals surface area contributed by atoms with E-state index in [0.717, 1.165) is 16.9 Å². The first-order valence-electron chi connectivity index (χ1n) is 7.63. The predicted molar refractivity (Wildman–Crippen MR) is 101 cm³/mol. The first-order chi connectivity index (χ1) is 12.0. The quantitative estimate of drug-likeness (QED) is 0.691. The first-order valence-corrected chi connectivity index (χ1v) is 8.83. The summed E-state index contributed by atoms with van der Waals surface area (Å²) >= 11 is 7.12. The molecule has 5 nitrogen and oxygen atoms in total. The molecule has 25 heavy (non-hydrogen) atoms. The summed E-state index contributed by atoms with van der Waals surface area (Å²) in [7, 11) is 0. The van der Waals surface area contributed by atoms with Gasteiger partial charge in [0.2, 0.25) is 0 Å². The van der Waals surface area contributed by atoms with Crippen LogP contribution in [0, 0.1) is 6.92 Å². The zero-order chi connectivity index (χ0) is 18.0. The molecule has 0 saturated carbocycles. The highest BCUT2D eigenvalue weighted by Crippen LogP contribution is 2.27. The smallest absolute Gasteiger partial charge is 0.348 e. The summed E-state index contributed by atoms with van der Waals surface area (Å²) in [6.07, 6.45) is 3.51. The highest BCUT2D eigenvalue weighted by molar-refractivity contribution is 7.20. The van der Waals surface area contributed by atoms with Crippen LogP contribution in [0.1, 0.15) is 33.5 Å². The molecule has 3 rings (SSSR count). The van der Waals surface area contributed by atoms with Crippen molar-refractivity contribution in [1.82, 2.24) is 9.97 Å². The molecule has 0 amide bonds. The minimum atomic E-state index is -0.432. The molecule has 0 fully saturated rings. The lowest BCUT2D eigenvalue weighted by atomic mass is 10.2. The molecule has 0 aliphatic carbocycles. The molecule has 2 heterocycles. The third kappa shape index (κ3) is 3.65. The number of thiophene rings is 1. The fourth-order valence-electron chi connectivity index (χ4n) is 2.42. The van der Waals surface area contributed by atoms with Crippen molar-refractivity contribution in [1.29, 1.82) is 0 Å². The van der Waals surface area contributed by atoms with Crippen LogP contribution >= 0.6 is 22.9 Å². The molecule has 0 spiro atoms. The van der Waals surface area contributed by atoms with E-state index in [1.807, 2.05) is 24.3 Å². The van der Waals surface area contributed by atoms with Gasteiger partial charge in [0, 0.05) is 5.02 Å². The predicted octanol–water partition coefficient (Wildman–Crippen LogP) is 4.29. The fourth-order valence-corrected chi connectivity index (χ4v) is 3.70. The Morgan fingerprint density at radius 1 is 1.40 bits per heavy atom. The second-order valence-electron chi connectivity index (χ2n) is 5.30. The molecule has 1 N–H and O–H groups in total. The maximum absolute atomic E-state index is 12.4. The Hall–Kier alpha value is -2.44. The van der Waals surface area contributed by atoms with Gasteiger partial charge in [-0.1, -0.05) is 29.8 Å². The SMILES string of the molecule is CCOC(=O)c1sc2nc(/C=C/c3cccc(Cl)c3)[nH]c(=O)c2c1C. The molecule has 2 aromatic heterocycles. The number of ether oxygens (including phenoxy) is 1. The molecular weight excluding hydrogens is 360 g/mol. The zero-order valence-electron chi connectivity index (χ0n) is 13.6. The van der Waals surface area contributed by atoms with E-state index in [1.165, 1.54) is 0 Å². The van der Waals surface area contributed by atoms with Crippen molar-refractivity contribution in [3.63, 3.8) is 0 Å². The third-order valence-electron chi connectivity index (χ3n) is 3.56. The van der Waals surface area contributed by atoms with Gasteiger partial charge in [-0.15, -0.1) is 11.3 Å². The third-order valence-corrected chi connectivity index (χ3v) is 4.96. The molecule has 7 heteroatoms. The molecular formula is C18H15ClN2O3S. The zero-order valence-corrected chi connectivity index (χ0v) is 15.2. The number of esters is 1. The summed E-state index contributed by atoms with van der Waals surface area (Å²) in [5, 5.41) is 1.06. The molecule has 0 bridgehead atoms. The van der Waals surface area contributed by atoms with E-state index >= 15 is 0 Å². The van der Waals surface area contributed by atoms with E-state index in [0.29, 0.717) is 31.5 Å². The number of aryl methyl sites for hydroxylation is 1. The lowest BCUT2D eigenvalue weighted by Crippen LogP contribution is -2.10. The standard InChI is InChI=1S/C18H15ClN2O3S/c1-3-24-18(23)15-10(2)14-16(22)20-13(21-17(14)25-15)8-7-11-5-4-6-12(19)9-11/h4-9H,3H2,1-2H3,(H,20,21,22)/b8-7+. The van der Waals surface area contributed by atoms with E-state index in [1.54, 1.807) is 26.0 Å². The van der Waals surface area contributed by atoms with Gasteiger partial charge in [-0.3, -0.25) is 4.79 Å². The van der Waals surface area contributed by atoms with Crippen molar-refractivity contribution in [2.24, 2.45) is 0 Å². The topological polar surface area (TPSA) is 72.0 Å². The molecule has 0 aliphatic heterocycles. The van der Waals surface area contributed by atoms with Crippen LogP contribution in [0.4, 0.5) is 0 Å². The number of H-pyrrole nitrogens is 1. The van der Waals surface area contributed by atoms with E-state index < -0.39 is 5.97 Å². The molecule has 1 aromatic carbocycles. The number of halogens is 1. The summed E-state index contributed by atoms with van der Waals surface area (Å²) in [5.74, 6) is -0.0208. The summed E-state index contributed by atoms with van der Waals surface area (Å²) < 4.78 is 5.03. The van der Waals surface area contributed by atoms with Gasteiger partial charge in [-0.25, -0.2) is 9.78 Å². The Morgan fingerprint density at radius 3 is 2.92 bits per heavy atom. The number of carbonyl (C=O) groups excluding carboxylic acids is 1. The minimum Gasteiger partial charge on any atom is -0.462 e. The molecule has 0 atom stereocenters. The van der Waals surface area contributed by atoms with Crippen molar-refractivity contribution in [2.75, 3.05) is 6.61 Å². The number of rotatable bonds is 4. The molecule has 3 aromatic rings. The van der Waals surface area contributed by atoms with Crippen LogP contribution in [0.25, 0.3) is 22.4 Å². The number of aromatic amines is 1. The maximum atomic E-state index is 12.4. The van der Waals surface area contributed by atoms with Crippen LogP contribution in [-0.2, 0) is 4.74 Å². The van der Waals surface area contributed by atoms with Crippen LogP contribution in [-0.4, -0.2) is 22.5 Å². The van der Waals surface area contributed by atoms with Crippen LogP contribution in [0.3, 0.4) is 0 Å². The highest BCUT2D eigenvalue weighted by Gasteiger charge is 2.19. The summed E-state index contributed by atoms with van der Waals surface area (Å²) in [6.45, 7) is 3.75. The number of hydrogen-bond acceptors (Lipinski definition) is 5. The summed E-state index contributed by atoms with van der Waals surface area (Å²) in [6, 6.07) is 7.34. The van der Waals surface area contributed by atoms with Crippen molar-refractivity contribution in [2.45, 2.75) is 13.8 Å². The lowest BCUT2D eigenvalue weighted by Gasteiger charge is -1.98. The monoisotopic (exact) mass is 374 g/mol. The van der Waals surface area contributed by atoms with Crippen molar-refractivity contribution < 1.29 is 9.53 Å². The molecule has 0 aliphatic rings. The second-order valence-corrected chi connectivity index (χ2v) is 6.73. The van der Waals surface area contributed by atoms with Gasteiger partial charge in [0.05, 0.1) is 12.0 Å². The van der Waals surface area contributed by atoms with Gasteiger partial charge in [0.15, 0.2) is 0 Å². The Morgan fingerprint density at radius 2 is 2.20 bits per heavy atom. The fraction of sp³-hybridized carbons (Fsp3) is 0.167. The van der Waals surface area contributed by atoms with Crippen LogP contribution < -0.4 is 5.56 Å². The largest absolute Gasteiger partial charge is 0.462 e. The molecule has 0 radical (unpaired) electrons. The summed E-state index contributed by atoms with van der Waals surface area (Å²) in [5.41, 5.74) is 1.21. The maximum Gasteiger partial charge on any atom is 0.348 e. The van der Waals surface area contributed by atoms with Crippen LogP contribution in [0.15, 0.2) is 29.1 Å². The van der Waals surface area contributed by atoms with E-state index in [4.69, 9.17) is 16.3 Å².